The van der Waals surface area contributed by atoms with Crippen LogP contribution in [0.3, 0.4) is 0 Å². The molecule has 0 atom stereocenters. The summed E-state index contributed by atoms with van der Waals surface area (Å²) in [6, 6.07) is 1.97. The molecule has 1 aromatic rings. The van der Waals surface area contributed by atoms with E-state index in [1.54, 1.807) is 12.3 Å². The molecule has 0 bridgehead atoms. The van der Waals surface area contributed by atoms with Crippen molar-refractivity contribution in [3.05, 3.63) is 39.6 Å². The van der Waals surface area contributed by atoms with E-state index in [0.717, 1.165) is 14.6 Å². The molecule has 0 aliphatic heterocycles. The first-order chi connectivity index (χ1) is 6.24. The lowest BCUT2D eigenvalue weighted by atomic mass is 10.3. The van der Waals surface area contributed by atoms with Crippen molar-refractivity contribution < 1.29 is 4.74 Å². The van der Waals surface area contributed by atoms with Gasteiger partial charge in [0, 0.05) is 16.2 Å². The molecule has 1 heterocycles. The molecule has 13 heavy (non-hydrogen) atoms. The van der Waals surface area contributed by atoms with Crippen molar-refractivity contribution in [2.24, 2.45) is 0 Å². The van der Waals surface area contributed by atoms with E-state index in [2.05, 4.69) is 43.4 Å². The van der Waals surface area contributed by atoms with Crippen molar-refractivity contribution in [3.8, 4) is 0 Å². The molecule has 0 aromatic carbocycles. The van der Waals surface area contributed by atoms with Crippen LogP contribution in [0, 0.1) is 0 Å². The molecule has 2 nitrogen and oxygen atoms in total. The Balaban J connectivity index is 2.64. The summed E-state index contributed by atoms with van der Waals surface area (Å²) in [5.74, 6) is 0. The van der Waals surface area contributed by atoms with Crippen molar-refractivity contribution in [2.75, 3.05) is 6.61 Å². The van der Waals surface area contributed by atoms with Crippen LogP contribution in [0.25, 0.3) is 0 Å². The number of ether oxygens (including phenoxy) is 1. The maximum Gasteiger partial charge on any atom is 0.111 e. The molecule has 4 heteroatoms. The Kier molecular flexibility index (Phi) is 4.62. The normalized spacial score (nSPS) is 10.0. The number of hydrogen-bond donors (Lipinski definition) is 0. The Bertz CT molecular complexity index is 302. The van der Waals surface area contributed by atoms with Crippen LogP contribution in [-0.4, -0.2) is 11.6 Å². The van der Waals surface area contributed by atoms with E-state index in [0.29, 0.717) is 13.2 Å². The standard InChI is InChI=1S/C9H9Br2NO/c1-2-3-13-6-7-4-8(10)5-12-9(7)11/h2,4-5H,1,3,6H2. The number of hydrogen-bond acceptors (Lipinski definition) is 2. The van der Waals surface area contributed by atoms with Gasteiger partial charge in [0.2, 0.25) is 0 Å². The van der Waals surface area contributed by atoms with Crippen LogP contribution in [0.15, 0.2) is 34.0 Å². The third-order valence-electron chi connectivity index (χ3n) is 1.37. The Morgan fingerprint density at radius 1 is 1.54 bits per heavy atom. The van der Waals surface area contributed by atoms with Gasteiger partial charge in [0.1, 0.15) is 4.60 Å². The second-order valence-corrected chi connectivity index (χ2v) is 4.07. The summed E-state index contributed by atoms with van der Waals surface area (Å²) >= 11 is 6.69. The smallest absolute Gasteiger partial charge is 0.111 e. The molecule has 1 rings (SSSR count). The zero-order valence-corrected chi connectivity index (χ0v) is 10.1. The van der Waals surface area contributed by atoms with Gasteiger partial charge in [-0.3, -0.25) is 0 Å². The predicted molar refractivity (Wildman–Crippen MR) is 59.5 cm³/mol. The van der Waals surface area contributed by atoms with Crippen molar-refractivity contribution in [1.82, 2.24) is 4.98 Å². The maximum atomic E-state index is 5.30. The molecule has 70 valence electrons. The molecular weight excluding hydrogens is 298 g/mol. The highest BCUT2D eigenvalue weighted by Crippen LogP contribution is 2.19. The lowest BCUT2D eigenvalue weighted by Gasteiger charge is -2.03. The molecule has 0 amide bonds. The molecule has 0 N–H and O–H groups in total. The number of nitrogens with zero attached hydrogens (tertiary/aromatic N) is 1. The van der Waals surface area contributed by atoms with Gasteiger partial charge in [0.15, 0.2) is 0 Å². The summed E-state index contributed by atoms with van der Waals surface area (Å²) in [5.41, 5.74) is 1.02. The predicted octanol–water partition coefficient (Wildman–Crippen LogP) is 3.31. The van der Waals surface area contributed by atoms with Crippen molar-refractivity contribution >= 4 is 31.9 Å². The van der Waals surface area contributed by atoms with Gasteiger partial charge >= 0.3 is 0 Å². The highest BCUT2D eigenvalue weighted by Gasteiger charge is 2.01. The van der Waals surface area contributed by atoms with E-state index in [4.69, 9.17) is 4.74 Å². The third kappa shape index (κ3) is 3.58. The Morgan fingerprint density at radius 3 is 3.00 bits per heavy atom. The Hall–Kier alpha value is -0.190. The molecule has 0 saturated heterocycles. The number of aromatic nitrogens is 1. The van der Waals surface area contributed by atoms with E-state index >= 15 is 0 Å². The second-order valence-electron chi connectivity index (χ2n) is 2.41. The van der Waals surface area contributed by atoms with Gasteiger partial charge in [-0.25, -0.2) is 4.98 Å². The second kappa shape index (κ2) is 5.52. The summed E-state index contributed by atoms with van der Waals surface area (Å²) in [7, 11) is 0. The van der Waals surface area contributed by atoms with E-state index < -0.39 is 0 Å². The van der Waals surface area contributed by atoms with Gasteiger partial charge in [-0.1, -0.05) is 6.08 Å². The zero-order chi connectivity index (χ0) is 9.68. The summed E-state index contributed by atoms with van der Waals surface area (Å²) in [5, 5.41) is 0. The van der Waals surface area contributed by atoms with Crippen LogP contribution in [0.1, 0.15) is 5.56 Å². The van der Waals surface area contributed by atoms with Crippen LogP contribution in [0.5, 0.6) is 0 Å². The molecular formula is C9H9Br2NO. The largest absolute Gasteiger partial charge is 0.373 e. The topological polar surface area (TPSA) is 22.1 Å². The van der Waals surface area contributed by atoms with Crippen molar-refractivity contribution in [3.63, 3.8) is 0 Å². The minimum atomic E-state index is 0.541. The first-order valence-electron chi connectivity index (χ1n) is 3.72. The number of rotatable bonds is 4. The number of pyridine rings is 1. The lowest BCUT2D eigenvalue weighted by molar-refractivity contribution is 0.148. The van der Waals surface area contributed by atoms with Gasteiger partial charge in [-0.2, -0.15) is 0 Å². The van der Waals surface area contributed by atoms with Crippen LogP contribution >= 0.6 is 31.9 Å². The van der Waals surface area contributed by atoms with Crippen LogP contribution in [-0.2, 0) is 11.3 Å². The molecule has 0 aliphatic carbocycles. The van der Waals surface area contributed by atoms with E-state index in [-0.39, 0.29) is 0 Å². The van der Waals surface area contributed by atoms with E-state index in [1.165, 1.54) is 0 Å². The van der Waals surface area contributed by atoms with Gasteiger partial charge in [-0.15, -0.1) is 6.58 Å². The van der Waals surface area contributed by atoms with Gasteiger partial charge in [-0.05, 0) is 37.9 Å². The van der Waals surface area contributed by atoms with Crippen molar-refractivity contribution in [2.45, 2.75) is 6.61 Å². The first-order valence-corrected chi connectivity index (χ1v) is 5.31. The SMILES string of the molecule is C=CCOCc1cc(Br)cnc1Br. The van der Waals surface area contributed by atoms with Gasteiger partial charge in [0.05, 0.1) is 13.2 Å². The first kappa shape index (κ1) is 10.9. The molecule has 0 aliphatic rings. The molecule has 1 aromatic heterocycles. The lowest BCUT2D eigenvalue weighted by Crippen LogP contribution is -1.95. The highest BCUT2D eigenvalue weighted by molar-refractivity contribution is 9.11. The van der Waals surface area contributed by atoms with Gasteiger partial charge in [0.25, 0.3) is 0 Å². The zero-order valence-electron chi connectivity index (χ0n) is 6.96. The average molecular weight is 307 g/mol. The highest BCUT2D eigenvalue weighted by atomic mass is 79.9. The summed E-state index contributed by atoms with van der Waals surface area (Å²) in [6.45, 7) is 4.67. The fraction of sp³-hybridized carbons (Fsp3) is 0.222. The molecule has 0 spiro atoms. The fourth-order valence-electron chi connectivity index (χ4n) is 0.818. The molecule has 0 fully saturated rings. The van der Waals surface area contributed by atoms with E-state index in [1.807, 2.05) is 6.07 Å². The van der Waals surface area contributed by atoms with Crippen molar-refractivity contribution in [1.29, 1.82) is 0 Å². The number of halogens is 2. The molecule has 0 saturated carbocycles. The minimum absolute atomic E-state index is 0.541. The fourth-order valence-corrected chi connectivity index (χ4v) is 1.53. The van der Waals surface area contributed by atoms with Crippen LogP contribution in [0.2, 0.25) is 0 Å². The van der Waals surface area contributed by atoms with Crippen LogP contribution < -0.4 is 0 Å². The van der Waals surface area contributed by atoms with Crippen LogP contribution in [0.4, 0.5) is 0 Å². The maximum absolute atomic E-state index is 5.30. The average Bonchev–Trinajstić information content (AvgIpc) is 2.11. The third-order valence-corrected chi connectivity index (χ3v) is 2.52. The Labute approximate surface area is 94.3 Å². The summed E-state index contributed by atoms with van der Waals surface area (Å²) in [6.07, 6.45) is 3.46. The van der Waals surface area contributed by atoms with Gasteiger partial charge < -0.3 is 4.74 Å². The molecule has 0 radical (unpaired) electrons. The Morgan fingerprint density at radius 2 is 2.31 bits per heavy atom. The van der Waals surface area contributed by atoms with E-state index in [9.17, 15) is 0 Å². The monoisotopic (exact) mass is 305 g/mol. The summed E-state index contributed by atoms with van der Waals surface area (Å²) in [4.78, 5) is 4.12. The quantitative estimate of drug-likeness (QED) is 0.484. The molecule has 0 unspecified atom stereocenters. The minimum Gasteiger partial charge on any atom is -0.373 e. The summed E-state index contributed by atoms with van der Waals surface area (Å²) < 4.78 is 7.07.